The molecule has 2 heterocycles. The van der Waals surface area contributed by atoms with E-state index in [4.69, 9.17) is 9.47 Å². The molecule has 1 aromatic carbocycles. The second kappa shape index (κ2) is 9.16. The second-order valence-corrected chi connectivity index (χ2v) is 6.56. The van der Waals surface area contributed by atoms with Crippen LogP contribution in [0, 0.1) is 0 Å². The fourth-order valence-electron chi connectivity index (χ4n) is 2.86. The molecule has 2 aromatic rings. The number of amides is 2. The van der Waals surface area contributed by atoms with Crippen molar-refractivity contribution in [3.05, 3.63) is 48.0 Å². The molecular weight excluding hydrogens is 360 g/mol. The highest BCUT2D eigenvalue weighted by atomic mass is 16.7. The number of rotatable bonds is 8. The Morgan fingerprint density at radius 2 is 2.07 bits per heavy atom. The topological polar surface area (TPSA) is 93.7 Å². The van der Waals surface area contributed by atoms with E-state index in [0.29, 0.717) is 24.6 Å². The largest absolute Gasteiger partial charge is 0.454 e. The highest BCUT2D eigenvalue weighted by Gasteiger charge is 2.22. The number of ether oxygens (including phenoxy) is 2. The van der Waals surface area contributed by atoms with E-state index >= 15 is 0 Å². The van der Waals surface area contributed by atoms with Gasteiger partial charge in [-0.1, -0.05) is 13.0 Å². The molecule has 0 radical (unpaired) electrons. The molecule has 1 aliphatic heterocycles. The Morgan fingerprint density at radius 1 is 1.25 bits per heavy atom. The first-order chi connectivity index (χ1) is 13.6. The lowest BCUT2D eigenvalue weighted by molar-refractivity contribution is -0.121. The fraction of sp³-hybridized carbons (Fsp3) is 0.400. The quantitative estimate of drug-likeness (QED) is 0.750. The molecule has 2 amide bonds. The van der Waals surface area contributed by atoms with Gasteiger partial charge in [0, 0.05) is 37.9 Å². The van der Waals surface area contributed by atoms with Crippen LogP contribution in [0.3, 0.4) is 0 Å². The number of benzene rings is 1. The summed E-state index contributed by atoms with van der Waals surface area (Å²) in [5.74, 6) is 1.05. The first-order valence-electron chi connectivity index (χ1n) is 9.30. The smallest absolute Gasteiger partial charge is 0.274 e. The Bertz CT molecular complexity index is 828. The minimum absolute atomic E-state index is 0.00355. The summed E-state index contributed by atoms with van der Waals surface area (Å²) >= 11 is 0. The first kappa shape index (κ1) is 19.6. The molecule has 0 spiro atoms. The van der Waals surface area contributed by atoms with Crippen LogP contribution in [-0.4, -0.2) is 46.1 Å². The number of fused-ring (bicyclic) bond motifs is 1. The molecule has 148 valence electrons. The van der Waals surface area contributed by atoms with Gasteiger partial charge < -0.3 is 19.7 Å². The minimum atomic E-state index is -0.217. The van der Waals surface area contributed by atoms with E-state index in [-0.39, 0.29) is 36.8 Å². The zero-order valence-electron chi connectivity index (χ0n) is 16.1. The molecule has 0 bridgehead atoms. The van der Waals surface area contributed by atoms with Gasteiger partial charge in [0.25, 0.3) is 5.91 Å². The van der Waals surface area contributed by atoms with Gasteiger partial charge in [0.1, 0.15) is 5.69 Å². The van der Waals surface area contributed by atoms with Crippen molar-refractivity contribution < 1.29 is 19.1 Å². The maximum atomic E-state index is 12.7. The van der Waals surface area contributed by atoms with Gasteiger partial charge >= 0.3 is 0 Å². The third kappa shape index (κ3) is 4.76. The van der Waals surface area contributed by atoms with E-state index in [1.165, 1.54) is 18.6 Å². The predicted octanol–water partition coefficient (Wildman–Crippen LogP) is 2.15. The predicted molar refractivity (Wildman–Crippen MR) is 102 cm³/mol. The number of aromatic nitrogens is 2. The van der Waals surface area contributed by atoms with Crippen molar-refractivity contribution in [1.82, 2.24) is 20.2 Å². The number of nitrogens with one attached hydrogen (secondary N) is 1. The average molecular weight is 384 g/mol. The molecule has 0 fully saturated rings. The van der Waals surface area contributed by atoms with Gasteiger partial charge in [0.05, 0.1) is 6.20 Å². The summed E-state index contributed by atoms with van der Waals surface area (Å²) in [7, 11) is 0. The number of hydrogen-bond acceptors (Lipinski definition) is 6. The molecular formula is C20H24N4O4. The highest BCUT2D eigenvalue weighted by molar-refractivity contribution is 5.92. The van der Waals surface area contributed by atoms with Crippen LogP contribution in [0.15, 0.2) is 36.8 Å². The zero-order valence-corrected chi connectivity index (χ0v) is 16.1. The third-order valence-corrected chi connectivity index (χ3v) is 4.67. The van der Waals surface area contributed by atoms with Gasteiger partial charge in [0.15, 0.2) is 11.5 Å². The average Bonchev–Trinajstić information content (AvgIpc) is 3.20. The number of carbonyl (C=O) groups excluding carboxylic acids is 2. The van der Waals surface area contributed by atoms with Crippen LogP contribution in [0.1, 0.15) is 42.7 Å². The molecule has 3 rings (SSSR count). The minimum Gasteiger partial charge on any atom is -0.454 e. The summed E-state index contributed by atoms with van der Waals surface area (Å²) in [5, 5.41) is 2.88. The maximum absolute atomic E-state index is 12.7. The fourth-order valence-corrected chi connectivity index (χ4v) is 2.86. The third-order valence-electron chi connectivity index (χ3n) is 4.67. The molecule has 8 nitrogen and oxygen atoms in total. The Hall–Kier alpha value is -3.16. The van der Waals surface area contributed by atoms with E-state index in [1.807, 2.05) is 32.0 Å². The highest BCUT2D eigenvalue weighted by Crippen LogP contribution is 2.32. The lowest BCUT2D eigenvalue weighted by Gasteiger charge is -2.28. The van der Waals surface area contributed by atoms with Gasteiger partial charge in [-0.25, -0.2) is 4.98 Å². The summed E-state index contributed by atoms with van der Waals surface area (Å²) in [6.45, 7) is 4.88. The van der Waals surface area contributed by atoms with Crippen molar-refractivity contribution in [3.63, 3.8) is 0 Å². The first-order valence-corrected chi connectivity index (χ1v) is 9.30. The van der Waals surface area contributed by atoms with Gasteiger partial charge in [-0.2, -0.15) is 0 Å². The molecule has 8 heteroatoms. The summed E-state index contributed by atoms with van der Waals surface area (Å²) < 4.78 is 10.6. The number of carbonyl (C=O) groups is 2. The van der Waals surface area contributed by atoms with Gasteiger partial charge in [-0.3, -0.25) is 14.6 Å². The normalized spacial score (nSPS) is 13.1. The lowest BCUT2D eigenvalue weighted by Crippen LogP contribution is -2.41. The van der Waals surface area contributed by atoms with Crippen molar-refractivity contribution in [2.75, 3.05) is 13.3 Å². The van der Waals surface area contributed by atoms with Crippen LogP contribution in [-0.2, 0) is 11.3 Å². The lowest BCUT2D eigenvalue weighted by atomic mass is 10.1. The number of nitrogens with zero attached hydrogens (tertiary/aromatic N) is 3. The van der Waals surface area contributed by atoms with Crippen LogP contribution in [0.2, 0.25) is 0 Å². The van der Waals surface area contributed by atoms with Crippen LogP contribution >= 0.6 is 0 Å². The van der Waals surface area contributed by atoms with E-state index in [0.717, 1.165) is 12.0 Å². The van der Waals surface area contributed by atoms with Crippen molar-refractivity contribution in [2.45, 2.75) is 39.3 Å². The van der Waals surface area contributed by atoms with Crippen molar-refractivity contribution in [3.8, 4) is 11.5 Å². The van der Waals surface area contributed by atoms with E-state index in [9.17, 15) is 9.59 Å². The summed E-state index contributed by atoms with van der Waals surface area (Å²) in [4.78, 5) is 34.7. The van der Waals surface area contributed by atoms with Crippen LogP contribution in [0.4, 0.5) is 0 Å². The van der Waals surface area contributed by atoms with Crippen LogP contribution in [0.25, 0.3) is 0 Å². The van der Waals surface area contributed by atoms with Crippen LogP contribution < -0.4 is 14.8 Å². The van der Waals surface area contributed by atoms with E-state index in [2.05, 4.69) is 15.3 Å². The molecule has 28 heavy (non-hydrogen) atoms. The van der Waals surface area contributed by atoms with Crippen molar-refractivity contribution >= 4 is 11.8 Å². The van der Waals surface area contributed by atoms with E-state index < -0.39 is 0 Å². The van der Waals surface area contributed by atoms with Crippen molar-refractivity contribution in [2.24, 2.45) is 0 Å². The van der Waals surface area contributed by atoms with Crippen molar-refractivity contribution in [1.29, 1.82) is 0 Å². The Balaban J connectivity index is 1.54. The molecule has 0 aliphatic carbocycles. The molecule has 1 atom stereocenters. The summed E-state index contributed by atoms with van der Waals surface area (Å²) in [6, 6.07) is 5.56. The zero-order chi connectivity index (χ0) is 19.9. The SMILES string of the molecule is CCC(C)N(CCC(=O)NCc1ccc2c(c1)OCO2)C(=O)c1cnccn1. The molecule has 0 saturated carbocycles. The summed E-state index contributed by atoms with van der Waals surface area (Å²) in [6.07, 6.45) is 5.44. The van der Waals surface area contributed by atoms with Gasteiger partial charge in [0.2, 0.25) is 12.7 Å². The molecule has 1 unspecified atom stereocenters. The Labute approximate surface area is 163 Å². The Kier molecular flexibility index (Phi) is 6.41. The molecule has 1 aromatic heterocycles. The van der Waals surface area contributed by atoms with Crippen LogP contribution in [0.5, 0.6) is 11.5 Å². The summed E-state index contributed by atoms with van der Waals surface area (Å²) in [5.41, 5.74) is 1.20. The second-order valence-electron chi connectivity index (χ2n) is 6.56. The maximum Gasteiger partial charge on any atom is 0.274 e. The van der Waals surface area contributed by atoms with Gasteiger partial charge in [-0.05, 0) is 31.0 Å². The molecule has 1 aliphatic rings. The van der Waals surface area contributed by atoms with Gasteiger partial charge in [-0.15, -0.1) is 0 Å². The standard InChI is InChI=1S/C20H24N4O4/c1-3-14(2)24(20(26)16-12-21-7-8-22-16)9-6-19(25)23-11-15-4-5-17-18(10-15)28-13-27-17/h4-5,7-8,10,12,14H,3,6,9,11,13H2,1-2H3,(H,23,25). The number of hydrogen-bond donors (Lipinski definition) is 1. The van der Waals surface area contributed by atoms with E-state index in [1.54, 1.807) is 4.90 Å². The monoisotopic (exact) mass is 384 g/mol. The Morgan fingerprint density at radius 3 is 2.82 bits per heavy atom. The molecule has 0 saturated heterocycles. The molecule has 1 N–H and O–H groups in total.